The first-order valence-corrected chi connectivity index (χ1v) is 5.04. The number of amides is 1. The number of carbonyl (C=O) groups is 1. The second-order valence-electron chi connectivity index (χ2n) is 3.76. The van der Waals surface area contributed by atoms with Gasteiger partial charge in [0, 0.05) is 11.9 Å². The van der Waals surface area contributed by atoms with Crippen LogP contribution in [0.2, 0.25) is 0 Å². The molecule has 1 heterocycles. The molecule has 2 rings (SSSR count). The summed E-state index contributed by atoms with van der Waals surface area (Å²) in [5.41, 5.74) is 3.53. The van der Waals surface area contributed by atoms with Gasteiger partial charge in [-0.15, -0.1) is 0 Å². The number of aromatic amines is 1. The van der Waals surface area contributed by atoms with Crippen molar-refractivity contribution in [3.8, 4) is 0 Å². The summed E-state index contributed by atoms with van der Waals surface area (Å²) in [6.45, 7) is 3.96. The third-order valence-electron chi connectivity index (χ3n) is 2.40. The predicted octanol–water partition coefficient (Wildman–Crippen LogP) is 2.28. The molecule has 0 saturated carbocycles. The highest BCUT2D eigenvalue weighted by atomic mass is 16.1. The zero-order chi connectivity index (χ0) is 11.5. The fraction of sp³-hybridized carbons (Fsp3) is 0.167. The number of rotatable bonds is 2. The van der Waals surface area contributed by atoms with Crippen LogP contribution in [0.1, 0.15) is 21.5 Å². The molecule has 1 amide bonds. The molecule has 2 N–H and O–H groups in total. The second-order valence-corrected chi connectivity index (χ2v) is 3.76. The number of nitrogens with one attached hydrogen (secondary N) is 2. The summed E-state index contributed by atoms with van der Waals surface area (Å²) in [5.74, 6) is -0.151. The molecule has 16 heavy (non-hydrogen) atoms. The fourth-order valence-electron chi connectivity index (χ4n) is 1.44. The normalized spacial score (nSPS) is 10.1. The molecule has 2 aromatic rings. The lowest BCUT2D eigenvalue weighted by Gasteiger charge is -2.08. The molecule has 0 aliphatic carbocycles. The maximum absolute atomic E-state index is 11.8. The van der Waals surface area contributed by atoms with E-state index in [4.69, 9.17) is 0 Å². The lowest BCUT2D eigenvalue weighted by Crippen LogP contribution is -2.12. The van der Waals surface area contributed by atoms with Gasteiger partial charge < -0.3 is 5.32 Å². The monoisotopic (exact) mass is 215 g/mol. The van der Waals surface area contributed by atoms with Gasteiger partial charge in [0.15, 0.2) is 0 Å². The number of benzene rings is 1. The number of aryl methyl sites for hydroxylation is 2. The molecule has 0 bridgehead atoms. The van der Waals surface area contributed by atoms with Gasteiger partial charge in [0.05, 0.1) is 11.8 Å². The van der Waals surface area contributed by atoms with E-state index in [0.29, 0.717) is 5.56 Å². The Balaban J connectivity index is 2.21. The Morgan fingerprint density at radius 3 is 2.88 bits per heavy atom. The van der Waals surface area contributed by atoms with E-state index in [0.717, 1.165) is 16.8 Å². The van der Waals surface area contributed by atoms with Crippen molar-refractivity contribution in [3.05, 3.63) is 47.3 Å². The molecule has 1 aromatic heterocycles. The molecule has 0 atom stereocenters. The summed E-state index contributed by atoms with van der Waals surface area (Å²) in [6, 6.07) is 5.95. The van der Waals surface area contributed by atoms with E-state index in [2.05, 4.69) is 15.5 Å². The van der Waals surface area contributed by atoms with Crippen molar-refractivity contribution in [2.45, 2.75) is 13.8 Å². The van der Waals surface area contributed by atoms with Crippen LogP contribution in [0.25, 0.3) is 0 Å². The number of nitrogens with zero attached hydrogens (tertiary/aromatic N) is 1. The van der Waals surface area contributed by atoms with Gasteiger partial charge in [0.1, 0.15) is 0 Å². The minimum atomic E-state index is -0.151. The van der Waals surface area contributed by atoms with Gasteiger partial charge >= 0.3 is 0 Å². The first-order valence-electron chi connectivity index (χ1n) is 5.04. The van der Waals surface area contributed by atoms with E-state index in [-0.39, 0.29) is 5.91 Å². The van der Waals surface area contributed by atoms with Crippen LogP contribution in [0.15, 0.2) is 30.6 Å². The van der Waals surface area contributed by atoms with Gasteiger partial charge in [-0.2, -0.15) is 5.10 Å². The Kier molecular flexibility index (Phi) is 2.72. The molecule has 0 aliphatic rings. The largest absolute Gasteiger partial charge is 0.322 e. The number of aromatic nitrogens is 2. The molecule has 1 aromatic carbocycles. The summed E-state index contributed by atoms with van der Waals surface area (Å²) >= 11 is 0. The number of H-pyrrole nitrogens is 1. The van der Waals surface area contributed by atoms with Crippen molar-refractivity contribution in [2.24, 2.45) is 0 Å². The van der Waals surface area contributed by atoms with E-state index >= 15 is 0 Å². The van der Waals surface area contributed by atoms with Crippen molar-refractivity contribution >= 4 is 11.6 Å². The van der Waals surface area contributed by atoms with E-state index in [9.17, 15) is 4.79 Å². The second kappa shape index (κ2) is 4.18. The third-order valence-corrected chi connectivity index (χ3v) is 2.40. The quantitative estimate of drug-likeness (QED) is 0.807. The standard InChI is InChI=1S/C12H13N3O/c1-8-3-4-9(2)11(5-8)15-12(16)10-6-13-14-7-10/h3-7H,1-2H3,(H,13,14)(H,15,16). The summed E-state index contributed by atoms with van der Waals surface area (Å²) in [6.07, 6.45) is 3.07. The van der Waals surface area contributed by atoms with Crippen molar-refractivity contribution in [1.82, 2.24) is 10.2 Å². The summed E-state index contributed by atoms with van der Waals surface area (Å²) < 4.78 is 0. The lowest BCUT2D eigenvalue weighted by molar-refractivity contribution is 0.102. The van der Waals surface area contributed by atoms with E-state index in [1.807, 2.05) is 32.0 Å². The van der Waals surface area contributed by atoms with E-state index in [1.54, 1.807) is 6.20 Å². The summed E-state index contributed by atoms with van der Waals surface area (Å²) in [7, 11) is 0. The average Bonchev–Trinajstić information content (AvgIpc) is 2.76. The first kappa shape index (κ1) is 10.4. The van der Waals surface area contributed by atoms with E-state index < -0.39 is 0 Å². The summed E-state index contributed by atoms with van der Waals surface area (Å²) in [4.78, 5) is 11.8. The summed E-state index contributed by atoms with van der Waals surface area (Å²) in [5, 5.41) is 9.21. The van der Waals surface area contributed by atoms with Gasteiger partial charge in [-0.3, -0.25) is 9.89 Å². The smallest absolute Gasteiger partial charge is 0.258 e. The minimum absolute atomic E-state index is 0.151. The van der Waals surface area contributed by atoms with Crippen LogP contribution in [0.4, 0.5) is 5.69 Å². The highest BCUT2D eigenvalue weighted by Gasteiger charge is 2.08. The fourth-order valence-corrected chi connectivity index (χ4v) is 1.44. The molecule has 82 valence electrons. The van der Waals surface area contributed by atoms with Crippen LogP contribution in [0, 0.1) is 13.8 Å². The van der Waals surface area contributed by atoms with Gasteiger partial charge in [0.2, 0.25) is 0 Å². The van der Waals surface area contributed by atoms with Crippen molar-refractivity contribution in [3.63, 3.8) is 0 Å². The van der Waals surface area contributed by atoms with Crippen molar-refractivity contribution in [2.75, 3.05) is 5.32 Å². The van der Waals surface area contributed by atoms with Gasteiger partial charge in [-0.1, -0.05) is 12.1 Å². The molecule has 0 fully saturated rings. The topological polar surface area (TPSA) is 57.8 Å². The Morgan fingerprint density at radius 1 is 1.38 bits per heavy atom. The molecule has 4 heteroatoms. The average molecular weight is 215 g/mol. The number of hydrogen-bond acceptors (Lipinski definition) is 2. The molecule has 0 spiro atoms. The molecular weight excluding hydrogens is 202 g/mol. The van der Waals surface area contributed by atoms with Crippen LogP contribution in [0.5, 0.6) is 0 Å². The molecule has 0 aliphatic heterocycles. The highest BCUT2D eigenvalue weighted by molar-refractivity contribution is 6.04. The van der Waals surface area contributed by atoms with Crippen LogP contribution in [-0.2, 0) is 0 Å². The van der Waals surface area contributed by atoms with Crippen molar-refractivity contribution < 1.29 is 4.79 Å². The Bertz CT molecular complexity index is 503. The van der Waals surface area contributed by atoms with Crippen LogP contribution < -0.4 is 5.32 Å². The molecule has 0 unspecified atom stereocenters. The van der Waals surface area contributed by atoms with Crippen LogP contribution >= 0.6 is 0 Å². The van der Waals surface area contributed by atoms with Crippen LogP contribution in [-0.4, -0.2) is 16.1 Å². The van der Waals surface area contributed by atoms with Crippen molar-refractivity contribution in [1.29, 1.82) is 0 Å². The lowest BCUT2D eigenvalue weighted by atomic mass is 10.1. The van der Waals surface area contributed by atoms with Crippen LogP contribution in [0.3, 0.4) is 0 Å². The zero-order valence-electron chi connectivity index (χ0n) is 9.24. The Morgan fingerprint density at radius 2 is 2.19 bits per heavy atom. The van der Waals surface area contributed by atoms with Gasteiger partial charge in [0.25, 0.3) is 5.91 Å². The number of hydrogen-bond donors (Lipinski definition) is 2. The molecule has 0 saturated heterocycles. The first-order chi connectivity index (χ1) is 7.66. The predicted molar refractivity (Wildman–Crippen MR) is 62.5 cm³/mol. The number of anilines is 1. The maximum atomic E-state index is 11.8. The molecule has 4 nitrogen and oxygen atoms in total. The Hall–Kier alpha value is -2.10. The van der Waals surface area contributed by atoms with Gasteiger partial charge in [-0.25, -0.2) is 0 Å². The van der Waals surface area contributed by atoms with E-state index in [1.165, 1.54) is 6.20 Å². The Labute approximate surface area is 93.7 Å². The molecular formula is C12H13N3O. The molecule has 0 radical (unpaired) electrons. The number of carbonyl (C=O) groups excluding carboxylic acids is 1. The van der Waals surface area contributed by atoms with Gasteiger partial charge in [-0.05, 0) is 31.0 Å². The third kappa shape index (κ3) is 2.11. The maximum Gasteiger partial charge on any atom is 0.258 e. The SMILES string of the molecule is Cc1ccc(C)c(NC(=O)c2cn[nH]c2)c1. The highest BCUT2D eigenvalue weighted by Crippen LogP contribution is 2.17. The zero-order valence-corrected chi connectivity index (χ0v) is 9.24. The minimum Gasteiger partial charge on any atom is -0.322 e.